The third-order valence-corrected chi connectivity index (χ3v) is 6.54. The minimum atomic E-state index is 0.218. The molecule has 0 aliphatic carbocycles. The Morgan fingerprint density at radius 3 is 1.77 bits per heavy atom. The molecule has 1 heterocycles. The van der Waals surface area contributed by atoms with E-state index in [1.54, 1.807) is 0 Å². The maximum atomic E-state index is 12.9. The third-order valence-electron chi connectivity index (χ3n) is 6.54. The Morgan fingerprint density at radius 2 is 1.19 bits per heavy atom. The van der Waals surface area contributed by atoms with Crippen molar-refractivity contribution < 1.29 is 4.79 Å². The summed E-state index contributed by atoms with van der Waals surface area (Å²) in [6.45, 7) is 17.8. The Morgan fingerprint density at radius 1 is 0.692 bits per heavy atom. The molecular formula is C24H29NO. The number of aliphatic imine (C=N–C) groups is 1. The van der Waals surface area contributed by atoms with E-state index in [1.807, 2.05) is 0 Å². The molecule has 3 rings (SSSR count). The number of fused-ring (bicyclic) bond motifs is 1. The average molecular weight is 348 g/mol. The second-order valence-electron chi connectivity index (χ2n) is 7.77. The lowest BCUT2D eigenvalue weighted by molar-refractivity contribution is 0.0985. The number of rotatable bonds is 1. The molecule has 2 heteroatoms. The molecule has 2 aromatic carbocycles. The molecule has 0 fully saturated rings. The third kappa shape index (κ3) is 2.63. The predicted molar refractivity (Wildman–Crippen MR) is 110 cm³/mol. The zero-order chi connectivity index (χ0) is 19.3. The van der Waals surface area contributed by atoms with Gasteiger partial charge in [0, 0.05) is 29.7 Å². The topological polar surface area (TPSA) is 29.4 Å². The summed E-state index contributed by atoms with van der Waals surface area (Å²) in [5.41, 5.74) is 14.2. The molecule has 1 aliphatic heterocycles. The van der Waals surface area contributed by atoms with Crippen LogP contribution in [0.4, 0.5) is 0 Å². The van der Waals surface area contributed by atoms with Crippen molar-refractivity contribution in [3.8, 4) is 0 Å². The molecule has 0 radical (unpaired) electrons. The van der Waals surface area contributed by atoms with Gasteiger partial charge < -0.3 is 0 Å². The first kappa shape index (κ1) is 18.6. The van der Waals surface area contributed by atoms with Gasteiger partial charge in [-0.05, 0) is 106 Å². The zero-order valence-electron chi connectivity index (χ0n) is 17.3. The van der Waals surface area contributed by atoms with Crippen molar-refractivity contribution in [2.45, 2.75) is 61.8 Å². The molecule has 0 amide bonds. The molecule has 2 aromatic rings. The maximum absolute atomic E-state index is 12.9. The van der Waals surface area contributed by atoms with E-state index in [0.29, 0.717) is 13.0 Å². The van der Waals surface area contributed by atoms with Gasteiger partial charge in [-0.25, -0.2) is 0 Å². The van der Waals surface area contributed by atoms with Crippen LogP contribution in [0.1, 0.15) is 72.4 Å². The fourth-order valence-corrected chi connectivity index (χ4v) is 4.18. The summed E-state index contributed by atoms with van der Waals surface area (Å²) in [7, 11) is 0. The number of aryl methyl sites for hydroxylation is 1. The van der Waals surface area contributed by atoms with Crippen molar-refractivity contribution in [3.05, 3.63) is 67.3 Å². The van der Waals surface area contributed by atoms with Crippen LogP contribution in [-0.2, 0) is 0 Å². The summed E-state index contributed by atoms with van der Waals surface area (Å²) in [5.74, 6) is 0.218. The fourth-order valence-electron chi connectivity index (χ4n) is 4.18. The second-order valence-corrected chi connectivity index (χ2v) is 7.77. The molecule has 26 heavy (non-hydrogen) atoms. The quantitative estimate of drug-likeness (QED) is 0.662. The second kappa shape index (κ2) is 6.50. The summed E-state index contributed by atoms with van der Waals surface area (Å²) in [4.78, 5) is 17.8. The first-order valence-corrected chi connectivity index (χ1v) is 9.42. The summed E-state index contributed by atoms with van der Waals surface area (Å²) in [5, 5.41) is 0. The van der Waals surface area contributed by atoms with Crippen LogP contribution in [0, 0.1) is 55.4 Å². The van der Waals surface area contributed by atoms with Crippen molar-refractivity contribution in [3.63, 3.8) is 0 Å². The van der Waals surface area contributed by atoms with E-state index >= 15 is 0 Å². The summed E-state index contributed by atoms with van der Waals surface area (Å²) in [6, 6.07) is 2.17. The molecule has 0 saturated heterocycles. The highest BCUT2D eigenvalue weighted by atomic mass is 16.1. The van der Waals surface area contributed by atoms with Crippen molar-refractivity contribution in [2.75, 3.05) is 6.54 Å². The monoisotopic (exact) mass is 347 g/mol. The molecule has 136 valence electrons. The van der Waals surface area contributed by atoms with Crippen LogP contribution in [-0.4, -0.2) is 18.0 Å². The van der Waals surface area contributed by atoms with Gasteiger partial charge in [0.05, 0.1) is 5.71 Å². The molecule has 1 aliphatic rings. The van der Waals surface area contributed by atoms with Crippen molar-refractivity contribution in [1.82, 2.24) is 0 Å². The number of hydrogen-bond acceptors (Lipinski definition) is 2. The number of hydrogen-bond donors (Lipinski definition) is 0. The highest BCUT2D eigenvalue weighted by Gasteiger charge is 2.26. The van der Waals surface area contributed by atoms with E-state index in [4.69, 9.17) is 4.99 Å². The molecule has 0 N–H and O–H groups in total. The molecular weight excluding hydrogens is 318 g/mol. The zero-order valence-corrected chi connectivity index (χ0v) is 17.3. The van der Waals surface area contributed by atoms with Gasteiger partial charge in [0.15, 0.2) is 5.78 Å². The van der Waals surface area contributed by atoms with E-state index in [0.717, 1.165) is 22.4 Å². The maximum Gasteiger partial charge on any atom is 0.165 e. The highest BCUT2D eigenvalue weighted by molar-refractivity contribution is 6.21. The molecule has 0 bridgehead atoms. The number of Topliss-reactive ketones (excluding diaryl/α,β-unsaturated/α-hetero) is 1. The van der Waals surface area contributed by atoms with Crippen LogP contribution in [0.15, 0.2) is 11.1 Å². The van der Waals surface area contributed by atoms with Crippen LogP contribution in [0.25, 0.3) is 0 Å². The van der Waals surface area contributed by atoms with E-state index in [-0.39, 0.29) is 5.78 Å². The van der Waals surface area contributed by atoms with Crippen LogP contribution >= 0.6 is 0 Å². The molecule has 0 unspecified atom stereocenters. The van der Waals surface area contributed by atoms with Crippen LogP contribution in [0.2, 0.25) is 0 Å². The minimum Gasteiger partial charge on any atom is -0.294 e. The van der Waals surface area contributed by atoms with Gasteiger partial charge in [0.2, 0.25) is 0 Å². The summed E-state index contributed by atoms with van der Waals surface area (Å²) < 4.78 is 0. The fraction of sp³-hybridized carbons (Fsp3) is 0.417. The first-order valence-electron chi connectivity index (χ1n) is 9.42. The Labute approximate surface area is 157 Å². The normalized spacial score (nSPS) is 14.2. The average Bonchev–Trinajstić information content (AvgIpc) is 2.76. The Kier molecular flexibility index (Phi) is 4.64. The van der Waals surface area contributed by atoms with Crippen LogP contribution < -0.4 is 0 Å². The van der Waals surface area contributed by atoms with E-state index < -0.39 is 0 Å². The Balaban J connectivity index is 2.42. The SMILES string of the molecule is Cc1cc2c(c(C)c1C)C(=O)CCN=C2c1c(C)c(C)c(C)c(C)c1C. The number of ketones is 1. The van der Waals surface area contributed by atoms with Gasteiger partial charge in [0.1, 0.15) is 0 Å². The van der Waals surface area contributed by atoms with Gasteiger partial charge in [0.25, 0.3) is 0 Å². The predicted octanol–water partition coefficient (Wildman–Crippen LogP) is 5.58. The van der Waals surface area contributed by atoms with E-state index in [1.165, 1.54) is 44.5 Å². The number of carbonyl (C=O) groups excluding carboxylic acids is 1. The van der Waals surface area contributed by atoms with Crippen LogP contribution in [0.3, 0.4) is 0 Å². The van der Waals surface area contributed by atoms with Crippen molar-refractivity contribution >= 4 is 11.5 Å². The van der Waals surface area contributed by atoms with Gasteiger partial charge in [-0.2, -0.15) is 0 Å². The molecule has 2 nitrogen and oxygen atoms in total. The highest BCUT2D eigenvalue weighted by Crippen LogP contribution is 2.33. The Bertz CT molecular complexity index is 948. The number of benzene rings is 2. The smallest absolute Gasteiger partial charge is 0.165 e. The summed E-state index contributed by atoms with van der Waals surface area (Å²) in [6.07, 6.45) is 0.488. The van der Waals surface area contributed by atoms with E-state index in [2.05, 4.69) is 61.5 Å². The molecule has 0 aromatic heterocycles. The van der Waals surface area contributed by atoms with E-state index in [9.17, 15) is 4.79 Å². The molecule has 0 spiro atoms. The standard InChI is InChI=1S/C24H29NO/c1-12-11-20-23(17(6)13(12)2)21(26)9-10-25-24(20)22-18(7)15(4)14(3)16(5)19(22)8/h11H,9-10H2,1-8H3. The lowest BCUT2D eigenvalue weighted by Gasteiger charge is -2.22. The first-order chi connectivity index (χ1) is 12.2. The minimum absolute atomic E-state index is 0.218. The lowest BCUT2D eigenvalue weighted by atomic mass is 9.82. The summed E-state index contributed by atoms with van der Waals surface area (Å²) >= 11 is 0. The van der Waals surface area contributed by atoms with Gasteiger partial charge in [-0.1, -0.05) is 0 Å². The Hall–Kier alpha value is -2.22. The van der Waals surface area contributed by atoms with Crippen molar-refractivity contribution in [1.29, 1.82) is 0 Å². The number of nitrogens with zero attached hydrogens (tertiary/aromatic N) is 1. The van der Waals surface area contributed by atoms with Crippen LogP contribution in [0.5, 0.6) is 0 Å². The molecule has 0 atom stereocenters. The largest absolute Gasteiger partial charge is 0.294 e. The van der Waals surface area contributed by atoms with Crippen molar-refractivity contribution in [2.24, 2.45) is 4.99 Å². The van der Waals surface area contributed by atoms with Gasteiger partial charge in [-0.15, -0.1) is 0 Å². The van der Waals surface area contributed by atoms with Gasteiger partial charge >= 0.3 is 0 Å². The molecule has 0 saturated carbocycles. The number of carbonyl (C=O) groups is 1. The lowest BCUT2D eigenvalue weighted by Crippen LogP contribution is -2.16. The van der Waals surface area contributed by atoms with Gasteiger partial charge in [-0.3, -0.25) is 9.79 Å².